The Morgan fingerprint density at radius 3 is 2.46 bits per heavy atom. The Bertz CT molecular complexity index is 913. The van der Waals surface area contributed by atoms with Gasteiger partial charge in [0.25, 0.3) is 5.91 Å². The summed E-state index contributed by atoms with van der Waals surface area (Å²) in [6, 6.07) is 15.9. The molecule has 2 aromatic carbocycles. The van der Waals surface area contributed by atoms with Crippen LogP contribution in [0.2, 0.25) is 0 Å². The molecule has 0 saturated carbocycles. The van der Waals surface area contributed by atoms with Crippen LogP contribution in [0.5, 0.6) is 0 Å². The van der Waals surface area contributed by atoms with Gasteiger partial charge in [-0.15, -0.1) is 0 Å². The van der Waals surface area contributed by atoms with Gasteiger partial charge in [-0.25, -0.2) is 4.79 Å². The molecule has 6 nitrogen and oxygen atoms in total. The van der Waals surface area contributed by atoms with Crippen molar-refractivity contribution in [3.63, 3.8) is 0 Å². The minimum atomic E-state index is -0.614. The molecule has 2 N–H and O–H groups in total. The van der Waals surface area contributed by atoms with Crippen molar-refractivity contribution in [2.75, 3.05) is 17.2 Å². The van der Waals surface area contributed by atoms with Gasteiger partial charge in [0.2, 0.25) is 0 Å². The number of nitriles is 1. The van der Waals surface area contributed by atoms with Crippen LogP contribution in [-0.2, 0) is 9.53 Å². The molecule has 1 amide bonds. The average Bonchev–Trinajstić information content (AvgIpc) is 2.70. The van der Waals surface area contributed by atoms with E-state index >= 15 is 0 Å². The number of esters is 1. The van der Waals surface area contributed by atoms with Crippen molar-refractivity contribution < 1.29 is 14.3 Å². The molecule has 2 rings (SSSR count). The standard InChI is InChI=1S/C22H23N3O3/c1-3-4-13-28-22(27)18-10-6-8-12-20(18)25-21(26)17(14-23)15-24-19-11-7-5-9-16(19)2/h5-12,15,24H,3-4,13H2,1-2H3,(H,25,26)/b17-15-. The monoisotopic (exact) mass is 377 g/mol. The molecule has 6 heteroatoms. The van der Waals surface area contributed by atoms with Crippen molar-refractivity contribution in [3.05, 3.63) is 71.4 Å². The van der Waals surface area contributed by atoms with E-state index in [0.717, 1.165) is 24.1 Å². The first-order valence-corrected chi connectivity index (χ1v) is 9.06. The number of ether oxygens (including phenoxy) is 1. The summed E-state index contributed by atoms with van der Waals surface area (Å²) < 4.78 is 5.21. The number of unbranched alkanes of at least 4 members (excludes halogenated alkanes) is 1. The van der Waals surface area contributed by atoms with E-state index in [2.05, 4.69) is 10.6 Å². The summed E-state index contributed by atoms with van der Waals surface area (Å²) in [6.45, 7) is 4.24. The molecule has 144 valence electrons. The van der Waals surface area contributed by atoms with E-state index in [1.54, 1.807) is 24.3 Å². The highest BCUT2D eigenvalue weighted by molar-refractivity contribution is 6.09. The molecule has 0 saturated heterocycles. The third kappa shape index (κ3) is 5.71. The molecule has 0 atom stereocenters. The number of para-hydroxylation sites is 2. The van der Waals surface area contributed by atoms with Crippen LogP contribution in [0.15, 0.2) is 60.3 Å². The smallest absolute Gasteiger partial charge is 0.340 e. The number of nitrogens with zero attached hydrogens (tertiary/aromatic N) is 1. The van der Waals surface area contributed by atoms with E-state index in [-0.39, 0.29) is 11.1 Å². The van der Waals surface area contributed by atoms with Crippen LogP contribution in [0, 0.1) is 18.3 Å². The molecule has 0 radical (unpaired) electrons. The zero-order valence-electron chi connectivity index (χ0n) is 16.0. The largest absolute Gasteiger partial charge is 0.462 e. The quantitative estimate of drug-likeness (QED) is 0.308. The highest BCUT2D eigenvalue weighted by atomic mass is 16.5. The molecule has 2 aromatic rings. The van der Waals surface area contributed by atoms with Crippen molar-refractivity contribution in [2.45, 2.75) is 26.7 Å². The van der Waals surface area contributed by atoms with Crippen molar-refractivity contribution in [2.24, 2.45) is 0 Å². The fourth-order valence-corrected chi connectivity index (χ4v) is 2.38. The maximum Gasteiger partial charge on any atom is 0.340 e. The second-order valence-corrected chi connectivity index (χ2v) is 6.12. The number of aryl methyl sites for hydroxylation is 1. The number of hydrogen-bond donors (Lipinski definition) is 2. The number of carbonyl (C=O) groups excluding carboxylic acids is 2. The number of amides is 1. The number of rotatable bonds is 8. The van der Waals surface area contributed by atoms with Gasteiger partial charge in [-0.3, -0.25) is 4.79 Å². The number of benzene rings is 2. The number of hydrogen-bond acceptors (Lipinski definition) is 5. The Morgan fingerprint density at radius 2 is 1.79 bits per heavy atom. The lowest BCUT2D eigenvalue weighted by Gasteiger charge is -2.11. The summed E-state index contributed by atoms with van der Waals surface area (Å²) in [5.41, 5.74) is 2.21. The Labute approximate surface area is 164 Å². The lowest BCUT2D eigenvalue weighted by Crippen LogP contribution is -2.18. The highest BCUT2D eigenvalue weighted by Crippen LogP contribution is 2.18. The molecule has 0 aliphatic heterocycles. The first kappa shape index (κ1) is 20.7. The molecule has 0 aromatic heterocycles. The fraction of sp³-hybridized carbons (Fsp3) is 0.227. The summed E-state index contributed by atoms with van der Waals surface area (Å²) in [5.74, 6) is -1.12. The Hall–Kier alpha value is -3.59. The van der Waals surface area contributed by atoms with Gasteiger partial charge in [0.05, 0.1) is 17.9 Å². The number of carbonyl (C=O) groups is 2. The second-order valence-electron chi connectivity index (χ2n) is 6.12. The molecule has 0 heterocycles. The van der Waals surface area contributed by atoms with Gasteiger partial charge in [-0.05, 0) is 37.1 Å². The van der Waals surface area contributed by atoms with Crippen molar-refractivity contribution in [1.82, 2.24) is 0 Å². The molecule has 0 bridgehead atoms. The molecule has 0 fully saturated rings. The highest BCUT2D eigenvalue weighted by Gasteiger charge is 2.16. The number of nitrogens with one attached hydrogen (secondary N) is 2. The van der Waals surface area contributed by atoms with E-state index < -0.39 is 11.9 Å². The van der Waals surface area contributed by atoms with Gasteiger partial charge in [0.1, 0.15) is 11.6 Å². The van der Waals surface area contributed by atoms with Crippen LogP contribution >= 0.6 is 0 Å². The predicted octanol–water partition coefficient (Wildman–Crippen LogP) is 4.41. The van der Waals surface area contributed by atoms with Gasteiger partial charge in [-0.1, -0.05) is 43.7 Å². The fourth-order valence-electron chi connectivity index (χ4n) is 2.38. The Balaban J connectivity index is 2.12. The zero-order valence-corrected chi connectivity index (χ0v) is 16.0. The maximum atomic E-state index is 12.5. The van der Waals surface area contributed by atoms with Crippen molar-refractivity contribution >= 4 is 23.3 Å². The molecule has 0 aliphatic rings. The summed E-state index contributed by atoms with van der Waals surface area (Å²) >= 11 is 0. The van der Waals surface area contributed by atoms with Crippen LogP contribution in [0.3, 0.4) is 0 Å². The van der Waals surface area contributed by atoms with E-state index in [9.17, 15) is 14.9 Å². The topological polar surface area (TPSA) is 91.2 Å². The number of anilines is 2. The molecular formula is C22H23N3O3. The van der Waals surface area contributed by atoms with E-state index in [0.29, 0.717) is 12.3 Å². The molecular weight excluding hydrogens is 354 g/mol. The molecule has 0 unspecified atom stereocenters. The first-order chi connectivity index (χ1) is 13.6. The molecule has 0 aliphatic carbocycles. The second kappa shape index (κ2) is 10.5. The van der Waals surface area contributed by atoms with Gasteiger partial charge >= 0.3 is 5.97 Å². The Morgan fingerprint density at radius 1 is 1.11 bits per heavy atom. The first-order valence-electron chi connectivity index (χ1n) is 9.06. The predicted molar refractivity (Wildman–Crippen MR) is 109 cm³/mol. The third-order valence-corrected chi connectivity index (χ3v) is 4.01. The van der Waals surface area contributed by atoms with Crippen LogP contribution in [0.1, 0.15) is 35.7 Å². The van der Waals surface area contributed by atoms with Crippen molar-refractivity contribution in [1.29, 1.82) is 5.26 Å². The summed E-state index contributed by atoms with van der Waals surface area (Å²) in [4.78, 5) is 24.7. The van der Waals surface area contributed by atoms with Crippen LogP contribution < -0.4 is 10.6 Å². The Kier molecular flexibility index (Phi) is 7.79. The zero-order chi connectivity index (χ0) is 20.4. The van der Waals surface area contributed by atoms with Crippen LogP contribution in [-0.4, -0.2) is 18.5 Å². The minimum Gasteiger partial charge on any atom is -0.462 e. The molecule has 0 spiro atoms. The van der Waals surface area contributed by atoms with E-state index in [1.807, 2.05) is 44.2 Å². The summed E-state index contributed by atoms with van der Waals surface area (Å²) in [7, 11) is 0. The van der Waals surface area contributed by atoms with Crippen LogP contribution in [0.4, 0.5) is 11.4 Å². The van der Waals surface area contributed by atoms with Gasteiger partial charge in [0.15, 0.2) is 0 Å². The lowest BCUT2D eigenvalue weighted by molar-refractivity contribution is -0.112. The third-order valence-electron chi connectivity index (χ3n) is 4.01. The van der Waals surface area contributed by atoms with Gasteiger partial charge < -0.3 is 15.4 Å². The van der Waals surface area contributed by atoms with Gasteiger partial charge in [0, 0.05) is 11.9 Å². The van der Waals surface area contributed by atoms with Gasteiger partial charge in [-0.2, -0.15) is 5.26 Å². The van der Waals surface area contributed by atoms with E-state index in [4.69, 9.17) is 4.74 Å². The normalized spacial score (nSPS) is 10.7. The van der Waals surface area contributed by atoms with Crippen molar-refractivity contribution in [3.8, 4) is 6.07 Å². The maximum absolute atomic E-state index is 12.5. The SMILES string of the molecule is CCCCOC(=O)c1ccccc1NC(=O)/C(C#N)=C\Nc1ccccc1C. The lowest BCUT2D eigenvalue weighted by atomic mass is 10.1. The minimum absolute atomic E-state index is 0.114. The summed E-state index contributed by atoms with van der Waals surface area (Å²) in [5, 5.41) is 14.9. The summed E-state index contributed by atoms with van der Waals surface area (Å²) in [6.07, 6.45) is 3.03. The van der Waals surface area contributed by atoms with E-state index in [1.165, 1.54) is 6.20 Å². The average molecular weight is 377 g/mol. The molecule has 28 heavy (non-hydrogen) atoms. The van der Waals surface area contributed by atoms with Crippen LogP contribution in [0.25, 0.3) is 0 Å².